The summed E-state index contributed by atoms with van der Waals surface area (Å²) in [6.45, 7) is 3.79. The van der Waals surface area contributed by atoms with Crippen LogP contribution < -0.4 is 14.8 Å². The second-order valence-electron chi connectivity index (χ2n) is 5.61. The van der Waals surface area contributed by atoms with Crippen molar-refractivity contribution in [3.8, 4) is 22.2 Å². The number of benzene rings is 1. The van der Waals surface area contributed by atoms with E-state index in [1.807, 2.05) is 32.0 Å². The van der Waals surface area contributed by atoms with Crippen LogP contribution in [-0.2, 0) is 0 Å². The van der Waals surface area contributed by atoms with Crippen LogP contribution in [-0.4, -0.2) is 34.3 Å². The van der Waals surface area contributed by atoms with Crippen LogP contribution >= 0.6 is 11.3 Å². The monoisotopic (exact) mass is 370 g/mol. The van der Waals surface area contributed by atoms with Gasteiger partial charge in [-0.05, 0) is 38.1 Å². The van der Waals surface area contributed by atoms with Crippen molar-refractivity contribution in [3.63, 3.8) is 0 Å². The third-order valence-corrected chi connectivity index (χ3v) is 4.19. The maximum Gasteiger partial charge on any atom is 0.261 e. The van der Waals surface area contributed by atoms with Crippen molar-refractivity contribution in [1.82, 2.24) is 15.2 Å². The summed E-state index contributed by atoms with van der Waals surface area (Å²) in [5, 5.41) is 11.9. The smallest absolute Gasteiger partial charge is 0.261 e. The van der Waals surface area contributed by atoms with Crippen molar-refractivity contribution in [1.29, 1.82) is 0 Å². The molecule has 134 valence electrons. The molecule has 1 N–H and O–H groups in total. The van der Waals surface area contributed by atoms with E-state index in [-0.39, 0.29) is 12.0 Å². The Bertz CT molecular complexity index is 896. The Hall–Kier alpha value is -3.00. The maximum atomic E-state index is 12.7. The minimum absolute atomic E-state index is 0.0778. The lowest BCUT2D eigenvalue weighted by Crippen LogP contribution is -2.15. The second-order valence-corrected chi connectivity index (χ2v) is 6.59. The lowest BCUT2D eigenvalue weighted by atomic mass is 10.1. The van der Waals surface area contributed by atoms with E-state index in [0.29, 0.717) is 32.9 Å². The van der Waals surface area contributed by atoms with E-state index >= 15 is 0 Å². The summed E-state index contributed by atoms with van der Waals surface area (Å²) in [5.41, 5.74) is 1.10. The minimum atomic E-state index is -0.327. The van der Waals surface area contributed by atoms with Gasteiger partial charge < -0.3 is 9.47 Å². The van der Waals surface area contributed by atoms with Crippen LogP contribution in [0.15, 0.2) is 42.6 Å². The lowest BCUT2D eigenvalue weighted by molar-refractivity contribution is 0.102. The molecule has 0 spiro atoms. The predicted octanol–water partition coefficient (Wildman–Crippen LogP) is 3.65. The molecular formula is C18H18N4O3S. The van der Waals surface area contributed by atoms with E-state index in [1.165, 1.54) is 11.3 Å². The Labute approximate surface area is 155 Å². The molecule has 3 rings (SSSR count). The third kappa shape index (κ3) is 4.15. The molecule has 3 aromatic rings. The van der Waals surface area contributed by atoms with Crippen LogP contribution in [0.3, 0.4) is 0 Å². The molecule has 0 aliphatic rings. The molecule has 1 aromatic carbocycles. The van der Waals surface area contributed by atoms with Gasteiger partial charge in [0.05, 0.1) is 18.8 Å². The fourth-order valence-corrected chi connectivity index (χ4v) is 2.92. The van der Waals surface area contributed by atoms with E-state index in [1.54, 1.807) is 31.5 Å². The Morgan fingerprint density at radius 1 is 1.19 bits per heavy atom. The summed E-state index contributed by atoms with van der Waals surface area (Å²) < 4.78 is 10.9. The molecule has 0 radical (unpaired) electrons. The number of nitrogens with one attached hydrogen (secondary N) is 1. The van der Waals surface area contributed by atoms with Gasteiger partial charge >= 0.3 is 0 Å². The summed E-state index contributed by atoms with van der Waals surface area (Å²) in [6, 6.07) is 10.6. The van der Waals surface area contributed by atoms with Crippen LogP contribution in [0.4, 0.5) is 5.13 Å². The number of carbonyl (C=O) groups excluding carboxylic acids is 1. The van der Waals surface area contributed by atoms with Crippen molar-refractivity contribution in [2.24, 2.45) is 0 Å². The zero-order valence-electron chi connectivity index (χ0n) is 14.6. The fourth-order valence-electron chi connectivity index (χ4n) is 2.20. The Kier molecular flexibility index (Phi) is 5.43. The first kappa shape index (κ1) is 17.8. The number of anilines is 1. The molecular weight excluding hydrogens is 352 g/mol. The normalized spacial score (nSPS) is 10.6. The molecule has 0 aliphatic heterocycles. The number of pyridine rings is 1. The van der Waals surface area contributed by atoms with E-state index in [2.05, 4.69) is 20.5 Å². The molecule has 8 heteroatoms. The number of hydrogen-bond donors (Lipinski definition) is 1. The van der Waals surface area contributed by atoms with Crippen LogP contribution in [0.25, 0.3) is 10.7 Å². The summed E-state index contributed by atoms with van der Waals surface area (Å²) >= 11 is 1.25. The van der Waals surface area contributed by atoms with Crippen molar-refractivity contribution < 1.29 is 14.3 Å². The van der Waals surface area contributed by atoms with Gasteiger partial charge in [-0.1, -0.05) is 17.4 Å². The highest BCUT2D eigenvalue weighted by molar-refractivity contribution is 7.18. The van der Waals surface area contributed by atoms with Gasteiger partial charge in [0, 0.05) is 12.3 Å². The molecule has 0 unspecified atom stereocenters. The topological polar surface area (TPSA) is 86.2 Å². The number of aromatic nitrogens is 3. The van der Waals surface area contributed by atoms with Crippen LogP contribution in [0.2, 0.25) is 0 Å². The molecule has 0 aliphatic carbocycles. The Morgan fingerprint density at radius 3 is 2.73 bits per heavy atom. The second kappa shape index (κ2) is 7.92. The van der Waals surface area contributed by atoms with E-state index in [9.17, 15) is 4.79 Å². The van der Waals surface area contributed by atoms with Gasteiger partial charge in [-0.3, -0.25) is 15.1 Å². The maximum absolute atomic E-state index is 12.7. The zero-order chi connectivity index (χ0) is 18.5. The first-order valence-electron chi connectivity index (χ1n) is 7.98. The molecule has 0 fully saturated rings. The summed E-state index contributed by atoms with van der Waals surface area (Å²) in [6.07, 6.45) is 1.60. The molecule has 1 amide bonds. The first-order valence-corrected chi connectivity index (χ1v) is 8.79. The standard InChI is InChI=1S/C18H18N4O3S/c1-11(2)25-15-10-12(24-3)7-8-13(15)16(23)20-18-22-21-17(26-18)14-6-4-5-9-19-14/h4-11H,1-3H3,(H,20,22,23). The van der Waals surface area contributed by atoms with E-state index in [4.69, 9.17) is 9.47 Å². The number of rotatable bonds is 6. The largest absolute Gasteiger partial charge is 0.497 e. The molecule has 0 saturated carbocycles. The number of amides is 1. The van der Waals surface area contributed by atoms with Crippen molar-refractivity contribution in [3.05, 3.63) is 48.2 Å². The van der Waals surface area contributed by atoms with Crippen LogP contribution in [0.5, 0.6) is 11.5 Å². The highest BCUT2D eigenvalue weighted by atomic mass is 32.1. The Balaban J connectivity index is 1.81. The molecule has 0 atom stereocenters. The number of hydrogen-bond acceptors (Lipinski definition) is 7. The third-order valence-electron chi connectivity index (χ3n) is 3.33. The average Bonchev–Trinajstić information content (AvgIpc) is 3.10. The van der Waals surface area contributed by atoms with Gasteiger partial charge in [-0.25, -0.2) is 0 Å². The molecule has 26 heavy (non-hydrogen) atoms. The number of carbonyl (C=O) groups is 1. The predicted molar refractivity (Wildman–Crippen MR) is 99.9 cm³/mol. The van der Waals surface area contributed by atoms with Crippen LogP contribution in [0.1, 0.15) is 24.2 Å². The number of ether oxygens (including phenoxy) is 2. The van der Waals surface area contributed by atoms with Gasteiger partial charge in [-0.15, -0.1) is 10.2 Å². The minimum Gasteiger partial charge on any atom is -0.497 e. The lowest BCUT2D eigenvalue weighted by Gasteiger charge is -2.14. The first-order chi connectivity index (χ1) is 12.6. The van der Waals surface area contributed by atoms with Gasteiger partial charge in [0.1, 0.15) is 17.2 Å². The number of methoxy groups -OCH3 is 1. The quantitative estimate of drug-likeness (QED) is 0.713. The van der Waals surface area contributed by atoms with E-state index in [0.717, 1.165) is 0 Å². The fraction of sp³-hybridized carbons (Fsp3) is 0.222. The van der Waals surface area contributed by atoms with Crippen LogP contribution in [0, 0.1) is 0 Å². The SMILES string of the molecule is COc1ccc(C(=O)Nc2nnc(-c3ccccn3)s2)c(OC(C)C)c1. The molecule has 0 bridgehead atoms. The van der Waals surface area contributed by atoms with Gasteiger partial charge in [0.15, 0.2) is 5.01 Å². The van der Waals surface area contributed by atoms with Gasteiger partial charge in [0.25, 0.3) is 5.91 Å². The van der Waals surface area contributed by atoms with Gasteiger partial charge in [0.2, 0.25) is 5.13 Å². The zero-order valence-corrected chi connectivity index (χ0v) is 15.4. The Morgan fingerprint density at radius 2 is 2.04 bits per heavy atom. The highest BCUT2D eigenvalue weighted by Crippen LogP contribution is 2.28. The molecule has 0 saturated heterocycles. The summed E-state index contributed by atoms with van der Waals surface area (Å²) in [4.78, 5) is 16.9. The molecule has 2 aromatic heterocycles. The summed E-state index contributed by atoms with van der Waals surface area (Å²) in [7, 11) is 1.56. The molecule has 2 heterocycles. The van der Waals surface area contributed by atoms with E-state index < -0.39 is 0 Å². The van der Waals surface area contributed by atoms with Crippen molar-refractivity contribution >= 4 is 22.4 Å². The average molecular weight is 370 g/mol. The number of nitrogens with zero attached hydrogens (tertiary/aromatic N) is 3. The van der Waals surface area contributed by atoms with Crippen molar-refractivity contribution in [2.45, 2.75) is 20.0 Å². The highest BCUT2D eigenvalue weighted by Gasteiger charge is 2.17. The van der Waals surface area contributed by atoms with Gasteiger partial charge in [-0.2, -0.15) is 0 Å². The molecule has 7 nitrogen and oxygen atoms in total. The van der Waals surface area contributed by atoms with Crippen molar-refractivity contribution in [2.75, 3.05) is 12.4 Å². The summed E-state index contributed by atoms with van der Waals surface area (Å²) in [5.74, 6) is 0.740.